The lowest BCUT2D eigenvalue weighted by Crippen LogP contribution is -2.30. The predicted octanol–water partition coefficient (Wildman–Crippen LogP) is 1.68. The number of carbonyl (C=O) groups is 1. The molecule has 19 heavy (non-hydrogen) atoms. The van der Waals surface area contributed by atoms with Crippen molar-refractivity contribution in [3.05, 3.63) is 43.0 Å². The normalized spacial score (nSPS) is 10.1. The van der Waals surface area contributed by atoms with E-state index in [-0.39, 0.29) is 6.03 Å². The Morgan fingerprint density at radius 3 is 2.79 bits per heavy atom. The van der Waals surface area contributed by atoms with Gasteiger partial charge in [0.2, 0.25) is 0 Å². The van der Waals surface area contributed by atoms with E-state index in [1.165, 1.54) is 0 Å². The van der Waals surface area contributed by atoms with Crippen LogP contribution in [0.2, 0.25) is 0 Å². The van der Waals surface area contributed by atoms with Gasteiger partial charge in [0.15, 0.2) is 0 Å². The van der Waals surface area contributed by atoms with Crippen molar-refractivity contribution in [3.8, 4) is 0 Å². The molecule has 0 atom stereocenters. The van der Waals surface area contributed by atoms with E-state index in [0.29, 0.717) is 12.2 Å². The Morgan fingerprint density at radius 2 is 2.11 bits per heavy atom. The molecule has 0 aliphatic carbocycles. The number of nitrogen functional groups attached to an aromatic ring is 1. The maximum atomic E-state index is 11.6. The minimum Gasteiger partial charge on any atom is -0.399 e. The fourth-order valence-corrected chi connectivity index (χ4v) is 1.62. The smallest absolute Gasteiger partial charge is 0.319 e. The fourth-order valence-electron chi connectivity index (χ4n) is 1.62. The molecule has 0 spiro atoms. The van der Waals surface area contributed by atoms with Gasteiger partial charge in [0.05, 0.1) is 6.33 Å². The van der Waals surface area contributed by atoms with Crippen LogP contribution >= 0.6 is 0 Å². The number of benzene rings is 1. The Hall–Kier alpha value is -2.50. The van der Waals surface area contributed by atoms with E-state index in [1.54, 1.807) is 36.8 Å². The minimum atomic E-state index is -0.213. The number of nitrogens with two attached hydrogens (primary N) is 1. The molecule has 6 heteroatoms. The van der Waals surface area contributed by atoms with Gasteiger partial charge in [0.25, 0.3) is 0 Å². The van der Waals surface area contributed by atoms with Crippen molar-refractivity contribution in [1.82, 2.24) is 14.9 Å². The lowest BCUT2D eigenvalue weighted by atomic mass is 10.3. The maximum absolute atomic E-state index is 11.6. The first-order valence-corrected chi connectivity index (χ1v) is 6.10. The second-order valence-corrected chi connectivity index (χ2v) is 4.16. The Labute approximate surface area is 111 Å². The summed E-state index contributed by atoms with van der Waals surface area (Å²) < 4.78 is 1.97. The summed E-state index contributed by atoms with van der Waals surface area (Å²) in [6.07, 6.45) is 6.25. The van der Waals surface area contributed by atoms with Crippen LogP contribution in [-0.2, 0) is 6.54 Å². The Bertz CT molecular complexity index is 506. The van der Waals surface area contributed by atoms with Crippen LogP contribution in [-0.4, -0.2) is 22.1 Å². The molecule has 0 saturated carbocycles. The van der Waals surface area contributed by atoms with E-state index >= 15 is 0 Å². The molecule has 0 saturated heterocycles. The number of anilines is 2. The van der Waals surface area contributed by atoms with Gasteiger partial charge >= 0.3 is 6.03 Å². The standard InChI is InChI=1S/C13H17N5O/c14-11-2-4-12(5-3-11)17-13(19)16-6-1-8-18-9-7-15-10-18/h2-5,7,9-10H,1,6,8,14H2,(H2,16,17,19). The molecule has 100 valence electrons. The number of nitrogens with one attached hydrogen (secondary N) is 2. The van der Waals surface area contributed by atoms with Gasteiger partial charge in [-0.1, -0.05) is 0 Å². The molecule has 2 amide bonds. The Kier molecular flexibility index (Phi) is 4.39. The SMILES string of the molecule is Nc1ccc(NC(=O)NCCCn2ccnc2)cc1. The van der Waals surface area contributed by atoms with Gasteiger partial charge in [-0.3, -0.25) is 0 Å². The fraction of sp³-hybridized carbons (Fsp3) is 0.231. The van der Waals surface area contributed by atoms with Gasteiger partial charge in [-0.05, 0) is 30.7 Å². The zero-order chi connectivity index (χ0) is 13.5. The van der Waals surface area contributed by atoms with E-state index < -0.39 is 0 Å². The van der Waals surface area contributed by atoms with Gasteiger partial charge < -0.3 is 20.9 Å². The monoisotopic (exact) mass is 259 g/mol. The van der Waals surface area contributed by atoms with Crippen LogP contribution < -0.4 is 16.4 Å². The molecule has 6 nitrogen and oxygen atoms in total. The zero-order valence-electron chi connectivity index (χ0n) is 10.5. The van der Waals surface area contributed by atoms with Crippen molar-refractivity contribution < 1.29 is 4.79 Å². The number of urea groups is 1. The summed E-state index contributed by atoms with van der Waals surface area (Å²) in [5, 5.41) is 5.53. The molecule has 0 radical (unpaired) electrons. The number of amides is 2. The third-order valence-corrected chi connectivity index (χ3v) is 2.61. The highest BCUT2D eigenvalue weighted by Gasteiger charge is 2.00. The van der Waals surface area contributed by atoms with E-state index in [1.807, 2.05) is 10.8 Å². The van der Waals surface area contributed by atoms with Crippen LogP contribution in [0.4, 0.5) is 16.2 Å². The molecule has 0 aliphatic rings. The number of imidazole rings is 1. The minimum absolute atomic E-state index is 0.213. The molecule has 1 aromatic heterocycles. The molecule has 0 fully saturated rings. The summed E-state index contributed by atoms with van der Waals surface area (Å²) in [6, 6.07) is 6.81. The van der Waals surface area contributed by atoms with Crippen molar-refractivity contribution in [2.75, 3.05) is 17.6 Å². The number of rotatable bonds is 5. The first-order chi connectivity index (χ1) is 9.24. The van der Waals surface area contributed by atoms with Crippen molar-refractivity contribution >= 4 is 17.4 Å². The quantitative estimate of drug-likeness (QED) is 0.564. The molecule has 0 bridgehead atoms. The summed E-state index contributed by atoms with van der Waals surface area (Å²) in [7, 11) is 0. The van der Waals surface area contributed by atoms with E-state index in [2.05, 4.69) is 15.6 Å². The lowest BCUT2D eigenvalue weighted by molar-refractivity contribution is 0.252. The average molecular weight is 259 g/mol. The molecule has 0 unspecified atom stereocenters. The first-order valence-electron chi connectivity index (χ1n) is 6.10. The highest BCUT2D eigenvalue weighted by molar-refractivity contribution is 5.89. The predicted molar refractivity (Wildman–Crippen MR) is 74.7 cm³/mol. The summed E-state index contributed by atoms with van der Waals surface area (Å²) in [5.74, 6) is 0. The van der Waals surface area contributed by atoms with E-state index in [0.717, 1.165) is 18.7 Å². The second kappa shape index (κ2) is 6.44. The molecule has 4 N–H and O–H groups in total. The van der Waals surface area contributed by atoms with Crippen molar-refractivity contribution in [2.45, 2.75) is 13.0 Å². The van der Waals surface area contributed by atoms with Gasteiger partial charge in [0.1, 0.15) is 0 Å². The van der Waals surface area contributed by atoms with Gasteiger partial charge in [-0.15, -0.1) is 0 Å². The molecular weight excluding hydrogens is 242 g/mol. The van der Waals surface area contributed by atoms with Gasteiger partial charge in [-0.25, -0.2) is 9.78 Å². The summed E-state index contributed by atoms with van der Waals surface area (Å²) >= 11 is 0. The number of hydrogen-bond donors (Lipinski definition) is 3. The van der Waals surface area contributed by atoms with Gasteiger partial charge in [-0.2, -0.15) is 0 Å². The summed E-state index contributed by atoms with van der Waals surface area (Å²) in [4.78, 5) is 15.5. The van der Waals surface area contributed by atoms with Crippen LogP contribution in [0.5, 0.6) is 0 Å². The van der Waals surface area contributed by atoms with Crippen molar-refractivity contribution in [2.24, 2.45) is 0 Å². The second-order valence-electron chi connectivity index (χ2n) is 4.16. The largest absolute Gasteiger partial charge is 0.399 e. The number of hydrogen-bond acceptors (Lipinski definition) is 3. The Morgan fingerprint density at radius 1 is 1.32 bits per heavy atom. The molecule has 0 aliphatic heterocycles. The third-order valence-electron chi connectivity index (χ3n) is 2.61. The highest BCUT2D eigenvalue weighted by Crippen LogP contribution is 2.09. The molecule has 2 rings (SSSR count). The van der Waals surface area contributed by atoms with Crippen LogP contribution in [0.25, 0.3) is 0 Å². The third kappa shape index (κ3) is 4.34. The number of carbonyl (C=O) groups excluding carboxylic acids is 1. The van der Waals surface area contributed by atoms with Crippen LogP contribution in [0.15, 0.2) is 43.0 Å². The number of aromatic nitrogens is 2. The summed E-state index contributed by atoms with van der Waals surface area (Å²) in [6.45, 7) is 1.45. The van der Waals surface area contributed by atoms with Gasteiger partial charge in [0, 0.05) is 36.9 Å². The summed E-state index contributed by atoms with van der Waals surface area (Å²) in [5.41, 5.74) is 6.96. The topological polar surface area (TPSA) is 85.0 Å². The van der Waals surface area contributed by atoms with Crippen LogP contribution in [0.1, 0.15) is 6.42 Å². The van der Waals surface area contributed by atoms with E-state index in [4.69, 9.17) is 5.73 Å². The van der Waals surface area contributed by atoms with Crippen molar-refractivity contribution in [1.29, 1.82) is 0 Å². The molecule has 1 heterocycles. The zero-order valence-corrected chi connectivity index (χ0v) is 10.5. The molecular formula is C13H17N5O. The average Bonchev–Trinajstić information content (AvgIpc) is 2.91. The molecule has 1 aromatic carbocycles. The van der Waals surface area contributed by atoms with Crippen LogP contribution in [0, 0.1) is 0 Å². The highest BCUT2D eigenvalue weighted by atomic mass is 16.2. The Balaban J connectivity index is 1.65. The number of aryl methyl sites for hydroxylation is 1. The maximum Gasteiger partial charge on any atom is 0.319 e. The lowest BCUT2D eigenvalue weighted by Gasteiger charge is -2.08. The van der Waals surface area contributed by atoms with Crippen LogP contribution in [0.3, 0.4) is 0 Å². The molecule has 2 aromatic rings. The van der Waals surface area contributed by atoms with E-state index in [9.17, 15) is 4.79 Å². The number of nitrogens with zero attached hydrogens (tertiary/aromatic N) is 2. The van der Waals surface area contributed by atoms with Crippen molar-refractivity contribution in [3.63, 3.8) is 0 Å². The first kappa shape index (κ1) is 12.9.